The Labute approximate surface area is 151 Å². The zero-order valence-electron chi connectivity index (χ0n) is 14.8. The largest absolute Gasteiger partial charge is 0.353 e. The molecule has 0 saturated carbocycles. The van der Waals surface area contributed by atoms with E-state index in [2.05, 4.69) is 25.7 Å². The molecule has 3 aromatic rings. The molecule has 2 heterocycles. The van der Waals surface area contributed by atoms with Crippen molar-refractivity contribution in [1.82, 2.24) is 35.1 Å². The van der Waals surface area contributed by atoms with Crippen molar-refractivity contribution in [3.63, 3.8) is 0 Å². The first-order valence-corrected chi connectivity index (χ1v) is 8.42. The Morgan fingerprint density at radius 1 is 1.31 bits per heavy atom. The number of amides is 1. The third-order valence-corrected chi connectivity index (χ3v) is 3.75. The number of benzene rings is 1. The summed E-state index contributed by atoms with van der Waals surface area (Å²) in [6.07, 6.45) is 1.82. The van der Waals surface area contributed by atoms with Gasteiger partial charge in [-0.15, -0.1) is 5.10 Å². The van der Waals surface area contributed by atoms with Gasteiger partial charge in [0.2, 0.25) is 5.91 Å². The molecule has 1 atom stereocenters. The van der Waals surface area contributed by atoms with E-state index in [1.165, 1.54) is 0 Å². The average Bonchev–Trinajstić information content (AvgIpc) is 3.22. The number of nitrogens with zero attached hydrogens (tertiary/aromatic N) is 6. The molecule has 2 aromatic heterocycles. The Balaban J connectivity index is 1.64. The van der Waals surface area contributed by atoms with Gasteiger partial charge in [0.25, 0.3) is 0 Å². The van der Waals surface area contributed by atoms with Gasteiger partial charge in [0, 0.05) is 18.3 Å². The van der Waals surface area contributed by atoms with E-state index in [-0.39, 0.29) is 18.5 Å². The maximum atomic E-state index is 12.2. The van der Waals surface area contributed by atoms with Crippen LogP contribution in [0.1, 0.15) is 24.5 Å². The summed E-state index contributed by atoms with van der Waals surface area (Å²) < 4.78 is 3.24. The molecule has 136 valence electrons. The van der Waals surface area contributed by atoms with Gasteiger partial charge in [-0.1, -0.05) is 35.5 Å². The fourth-order valence-corrected chi connectivity index (χ4v) is 2.52. The summed E-state index contributed by atoms with van der Waals surface area (Å²) in [4.78, 5) is 16.7. The lowest BCUT2D eigenvalue weighted by molar-refractivity contribution is -0.121. The van der Waals surface area contributed by atoms with Crippen LogP contribution in [-0.4, -0.2) is 42.2 Å². The van der Waals surface area contributed by atoms with Gasteiger partial charge in [-0.25, -0.2) is 9.67 Å². The minimum Gasteiger partial charge on any atom is -0.353 e. The van der Waals surface area contributed by atoms with E-state index in [4.69, 9.17) is 5.73 Å². The Kier molecular flexibility index (Phi) is 5.37. The van der Waals surface area contributed by atoms with E-state index >= 15 is 0 Å². The van der Waals surface area contributed by atoms with Crippen molar-refractivity contribution >= 4 is 5.91 Å². The van der Waals surface area contributed by atoms with Gasteiger partial charge in [-0.05, 0) is 13.8 Å². The third-order valence-electron chi connectivity index (χ3n) is 3.75. The van der Waals surface area contributed by atoms with Crippen LogP contribution in [0, 0.1) is 6.92 Å². The fourth-order valence-electron chi connectivity index (χ4n) is 2.52. The lowest BCUT2D eigenvalue weighted by Gasteiger charge is -2.09. The zero-order valence-corrected chi connectivity index (χ0v) is 14.8. The summed E-state index contributed by atoms with van der Waals surface area (Å²) in [6, 6.07) is 9.28. The minimum absolute atomic E-state index is 0.0626. The van der Waals surface area contributed by atoms with Crippen molar-refractivity contribution in [3.8, 4) is 11.4 Å². The van der Waals surface area contributed by atoms with Crippen molar-refractivity contribution in [2.75, 3.05) is 6.54 Å². The summed E-state index contributed by atoms with van der Waals surface area (Å²) in [7, 11) is 0. The monoisotopic (exact) mass is 354 g/mol. The number of hydrogen-bond acceptors (Lipinski definition) is 6. The molecule has 0 fully saturated rings. The van der Waals surface area contributed by atoms with Crippen molar-refractivity contribution in [1.29, 1.82) is 0 Å². The molecule has 26 heavy (non-hydrogen) atoms. The number of rotatable bonds is 7. The zero-order chi connectivity index (χ0) is 18.5. The van der Waals surface area contributed by atoms with Crippen LogP contribution in [0.2, 0.25) is 0 Å². The highest BCUT2D eigenvalue weighted by Gasteiger charge is 2.16. The first-order valence-electron chi connectivity index (χ1n) is 8.42. The summed E-state index contributed by atoms with van der Waals surface area (Å²) in [5.41, 5.74) is 7.71. The maximum Gasteiger partial charge on any atom is 0.241 e. The molecule has 0 bridgehead atoms. The Morgan fingerprint density at radius 2 is 2.08 bits per heavy atom. The lowest BCUT2D eigenvalue weighted by Crippen LogP contribution is -2.32. The van der Waals surface area contributed by atoms with Crippen molar-refractivity contribution in [3.05, 3.63) is 48.0 Å². The van der Waals surface area contributed by atoms with Gasteiger partial charge in [0.05, 0.1) is 18.3 Å². The summed E-state index contributed by atoms with van der Waals surface area (Å²) >= 11 is 0. The molecule has 9 nitrogen and oxygen atoms in total. The summed E-state index contributed by atoms with van der Waals surface area (Å²) in [5, 5.41) is 15.1. The van der Waals surface area contributed by atoms with Crippen molar-refractivity contribution < 1.29 is 4.79 Å². The van der Waals surface area contributed by atoms with Crippen LogP contribution in [0.25, 0.3) is 11.4 Å². The summed E-state index contributed by atoms with van der Waals surface area (Å²) in [5.74, 6) is 0.975. The van der Waals surface area contributed by atoms with Crippen LogP contribution in [-0.2, 0) is 17.9 Å². The van der Waals surface area contributed by atoms with Gasteiger partial charge in [-0.3, -0.25) is 9.48 Å². The molecular weight excluding hydrogens is 332 g/mol. The molecule has 1 amide bonds. The quantitative estimate of drug-likeness (QED) is 0.644. The molecule has 0 aliphatic carbocycles. The molecule has 0 aliphatic rings. The SMILES string of the molecule is Cc1cn(CCNC(=O)Cn2nc(-c3ccccc3)nc2[C@H](C)N)nn1. The molecule has 0 unspecified atom stereocenters. The number of nitrogens with one attached hydrogen (secondary N) is 1. The first-order chi connectivity index (χ1) is 12.5. The van der Waals surface area contributed by atoms with Gasteiger partial charge in [-0.2, -0.15) is 5.10 Å². The van der Waals surface area contributed by atoms with Crippen LogP contribution in [0.3, 0.4) is 0 Å². The van der Waals surface area contributed by atoms with Crippen LogP contribution < -0.4 is 11.1 Å². The van der Waals surface area contributed by atoms with Gasteiger partial charge in [0.1, 0.15) is 12.4 Å². The molecule has 9 heteroatoms. The maximum absolute atomic E-state index is 12.2. The standard InChI is InChI=1S/C17H22N8O/c1-12-10-24(23-21-12)9-8-19-15(26)11-25-17(13(2)18)20-16(22-25)14-6-4-3-5-7-14/h3-7,10,13H,8-9,11,18H2,1-2H3,(H,19,26)/t13-/m0/s1. The van der Waals surface area contributed by atoms with Gasteiger partial charge in [0.15, 0.2) is 5.82 Å². The van der Waals surface area contributed by atoms with Crippen molar-refractivity contribution in [2.24, 2.45) is 5.73 Å². The molecule has 3 N–H and O–H groups in total. The second kappa shape index (κ2) is 7.87. The number of aromatic nitrogens is 6. The number of carbonyl (C=O) groups excluding carboxylic acids is 1. The molecule has 0 aliphatic heterocycles. The van der Waals surface area contributed by atoms with Crippen LogP contribution in [0.15, 0.2) is 36.5 Å². The number of hydrogen-bond donors (Lipinski definition) is 2. The minimum atomic E-state index is -0.328. The predicted octanol–water partition coefficient (Wildman–Crippen LogP) is 0.681. The van der Waals surface area contributed by atoms with Crippen LogP contribution in [0.4, 0.5) is 0 Å². The number of carbonyl (C=O) groups is 1. The molecular formula is C17H22N8O. The van der Waals surface area contributed by atoms with Gasteiger partial charge < -0.3 is 11.1 Å². The second-order valence-corrected chi connectivity index (χ2v) is 6.08. The highest BCUT2D eigenvalue weighted by Crippen LogP contribution is 2.17. The molecule has 0 spiro atoms. The number of aryl methyl sites for hydroxylation is 1. The van der Waals surface area contributed by atoms with Crippen LogP contribution in [0.5, 0.6) is 0 Å². The van der Waals surface area contributed by atoms with E-state index in [0.717, 1.165) is 11.3 Å². The van der Waals surface area contributed by atoms with E-state index in [0.29, 0.717) is 24.7 Å². The van der Waals surface area contributed by atoms with E-state index < -0.39 is 0 Å². The Bertz CT molecular complexity index is 868. The highest BCUT2D eigenvalue weighted by atomic mass is 16.2. The molecule has 0 saturated heterocycles. The first kappa shape index (κ1) is 17.7. The summed E-state index contributed by atoms with van der Waals surface area (Å²) in [6.45, 7) is 4.76. The average molecular weight is 354 g/mol. The topological polar surface area (TPSA) is 117 Å². The smallest absolute Gasteiger partial charge is 0.241 e. The van der Waals surface area contributed by atoms with E-state index in [1.807, 2.05) is 50.4 Å². The van der Waals surface area contributed by atoms with E-state index in [9.17, 15) is 4.79 Å². The van der Waals surface area contributed by atoms with Crippen molar-refractivity contribution in [2.45, 2.75) is 33.0 Å². The lowest BCUT2D eigenvalue weighted by atomic mass is 10.2. The highest BCUT2D eigenvalue weighted by molar-refractivity contribution is 5.75. The third kappa shape index (κ3) is 4.31. The predicted molar refractivity (Wildman–Crippen MR) is 95.8 cm³/mol. The Hall–Kier alpha value is -3.07. The van der Waals surface area contributed by atoms with E-state index in [1.54, 1.807) is 9.36 Å². The Morgan fingerprint density at radius 3 is 2.73 bits per heavy atom. The van der Waals surface area contributed by atoms with Gasteiger partial charge >= 0.3 is 0 Å². The number of nitrogens with two attached hydrogens (primary N) is 1. The van der Waals surface area contributed by atoms with Crippen LogP contribution >= 0.6 is 0 Å². The normalized spacial score (nSPS) is 12.1. The second-order valence-electron chi connectivity index (χ2n) is 6.08. The fraction of sp³-hybridized carbons (Fsp3) is 0.353. The molecule has 1 aromatic carbocycles. The molecule has 0 radical (unpaired) electrons. The molecule has 3 rings (SSSR count).